The van der Waals surface area contributed by atoms with Crippen molar-refractivity contribution in [2.75, 3.05) is 7.11 Å². The Morgan fingerprint density at radius 3 is 2.73 bits per heavy atom. The minimum absolute atomic E-state index is 0.0489. The van der Waals surface area contributed by atoms with Crippen molar-refractivity contribution in [2.24, 2.45) is 0 Å². The van der Waals surface area contributed by atoms with E-state index in [1.165, 1.54) is 11.8 Å². The van der Waals surface area contributed by atoms with E-state index in [2.05, 4.69) is 0 Å². The third-order valence-electron chi connectivity index (χ3n) is 3.24. The lowest BCUT2D eigenvalue weighted by molar-refractivity contribution is -0.110. The van der Waals surface area contributed by atoms with Crippen LogP contribution in [0.15, 0.2) is 58.0 Å². The average molecular weight is 333 g/mol. The van der Waals surface area contributed by atoms with Crippen LogP contribution in [0, 0.1) is 0 Å². The van der Waals surface area contributed by atoms with Crippen LogP contribution in [-0.4, -0.2) is 12.2 Å². The number of carbonyl (C=O) groups excluding carboxylic acids is 1. The first-order chi connectivity index (χ1) is 10.7. The molecule has 0 aliphatic heterocycles. The standard InChI is InChI=1S/C17H13ClO3S/c1-20-13-4-7-16-15(9-13)11(10-21-16)8-17(19)22-14-5-2-12(18)3-6-14/h2-7,9-10H,8H2,1H3. The van der Waals surface area contributed by atoms with E-state index in [-0.39, 0.29) is 5.12 Å². The van der Waals surface area contributed by atoms with Gasteiger partial charge in [0.2, 0.25) is 0 Å². The van der Waals surface area contributed by atoms with E-state index in [9.17, 15) is 4.79 Å². The van der Waals surface area contributed by atoms with Crippen molar-refractivity contribution in [1.82, 2.24) is 0 Å². The molecule has 0 aliphatic rings. The van der Waals surface area contributed by atoms with E-state index < -0.39 is 0 Å². The maximum atomic E-state index is 12.2. The summed E-state index contributed by atoms with van der Waals surface area (Å²) in [4.78, 5) is 13.1. The van der Waals surface area contributed by atoms with Gasteiger partial charge in [0.15, 0.2) is 5.12 Å². The number of methoxy groups -OCH3 is 1. The minimum Gasteiger partial charge on any atom is -0.497 e. The molecule has 3 nitrogen and oxygen atoms in total. The molecule has 1 heterocycles. The Morgan fingerprint density at radius 1 is 1.23 bits per heavy atom. The van der Waals surface area contributed by atoms with Crippen LogP contribution in [0.2, 0.25) is 5.02 Å². The Balaban J connectivity index is 1.77. The van der Waals surface area contributed by atoms with Crippen molar-refractivity contribution < 1.29 is 13.9 Å². The van der Waals surface area contributed by atoms with Crippen molar-refractivity contribution >= 4 is 39.4 Å². The van der Waals surface area contributed by atoms with Crippen LogP contribution in [0.3, 0.4) is 0 Å². The Morgan fingerprint density at radius 2 is 2.00 bits per heavy atom. The van der Waals surface area contributed by atoms with E-state index in [1.807, 2.05) is 30.3 Å². The molecule has 0 atom stereocenters. The first-order valence-electron chi connectivity index (χ1n) is 6.66. The third kappa shape index (κ3) is 3.29. The van der Waals surface area contributed by atoms with Gasteiger partial charge in [-0.2, -0.15) is 0 Å². The summed E-state index contributed by atoms with van der Waals surface area (Å²) < 4.78 is 10.7. The smallest absolute Gasteiger partial charge is 0.198 e. The second kappa shape index (κ2) is 6.46. The van der Waals surface area contributed by atoms with Crippen molar-refractivity contribution in [3.05, 3.63) is 59.3 Å². The highest BCUT2D eigenvalue weighted by molar-refractivity contribution is 8.13. The van der Waals surface area contributed by atoms with E-state index in [1.54, 1.807) is 25.5 Å². The first-order valence-corrected chi connectivity index (χ1v) is 7.85. The lowest BCUT2D eigenvalue weighted by atomic mass is 10.1. The maximum Gasteiger partial charge on any atom is 0.198 e. The second-order valence-corrected chi connectivity index (χ2v) is 6.30. The molecule has 0 fully saturated rings. The van der Waals surface area contributed by atoms with Crippen LogP contribution in [0.4, 0.5) is 0 Å². The fourth-order valence-corrected chi connectivity index (χ4v) is 3.04. The average Bonchev–Trinajstić information content (AvgIpc) is 2.91. The Labute approximate surface area is 137 Å². The third-order valence-corrected chi connectivity index (χ3v) is 4.37. The van der Waals surface area contributed by atoms with Crippen molar-refractivity contribution in [3.63, 3.8) is 0 Å². The minimum atomic E-state index is 0.0489. The normalized spacial score (nSPS) is 10.8. The summed E-state index contributed by atoms with van der Waals surface area (Å²) in [5.41, 5.74) is 1.61. The van der Waals surface area contributed by atoms with Crippen molar-refractivity contribution in [2.45, 2.75) is 11.3 Å². The molecule has 0 unspecified atom stereocenters. The number of hydrogen-bond donors (Lipinski definition) is 0. The molecule has 22 heavy (non-hydrogen) atoms. The highest BCUT2D eigenvalue weighted by Gasteiger charge is 2.12. The van der Waals surface area contributed by atoms with Gasteiger partial charge in [-0.25, -0.2) is 0 Å². The topological polar surface area (TPSA) is 39.4 Å². The molecule has 5 heteroatoms. The maximum absolute atomic E-state index is 12.2. The van der Waals surface area contributed by atoms with Gasteiger partial charge < -0.3 is 9.15 Å². The van der Waals surface area contributed by atoms with Gasteiger partial charge in [-0.1, -0.05) is 23.4 Å². The molecule has 112 valence electrons. The highest BCUT2D eigenvalue weighted by Crippen LogP contribution is 2.28. The Hall–Kier alpha value is -1.91. The van der Waals surface area contributed by atoms with Crippen molar-refractivity contribution in [1.29, 1.82) is 0 Å². The Kier molecular flexibility index (Phi) is 4.41. The van der Waals surface area contributed by atoms with Crippen LogP contribution in [-0.2, 0) is 11.2 Å². The number of thioether (sulfide) groups is 1. The van der Waals surface area contributed by atoms with Gasteiger partial charge in [0.25, 0.3) is 0 Å². The zero-order valence-electron chi connectivity index (χ0n) is 11.8. The SMILES string of the molecule is COc1ccc2occ(CC(=O)Sc3ccc(Cl)cc3)c2c1. The van der Waals surface area contributed by atoms with Gasteiger partial charge in [-0.3, -0.25) is 4.79 Å². The predicted octanol–water partition coefficient (Wildman–Crippen LogP) is 4.96. The second-order valence-electron chi connectivity index (χ2n) is 4.73. The summed E-state index contributed by atoms with van der Waals surface area (Å²) >= 11 is 7.04. The molecule has 0 N–H and O–H groups in total. The molecule has 0 saturated carbocycles. The molecule has 0 bridgehead atoms. The molecular weight excluding hydrogens is 320 g/mol. The lowest BCUT2D eigenvalue weighted by Gasteiger charge is -2.02. The molecule has 0 saturated heterocycles. The number of hydrogen-bond acceptors (Lipinski definition) is 4. The van der Waals surface area contributed by atoms with E-state index >= 15 is 0 Å². The predicted molar refractivity (Wildman–Crippen MR) is 88.8 cm³/mol. The summed E-state index contributed by atoms with van der Waals surface area (Å²) in [5.74, 6) is 0.743. The highest BCUT2D eigenvalue weighted by atomic mass is 35.5. The molecule has 2 aromatic carbocycles. The summed E-state index contributed by atoms with van der Waals surface area (Å²) in [6, 6.07) is 12.8. The number of halogens is 1. The lowest BCUT2D eigenvalue weighted by Crippen LogP contribution is -1.96. The number of rotatable bonds is 4. The first kappa shape index (κ1) is 15.0. The molecule has 3 rings (SSSR count). The Bertz CT molecular complexity index is 808. The zero-order valence-corrected chi connectivity index (χ0v) is 13.4. The quantitative estimate of drug-likeness (QED) is 0.633. The zero-order chi connectivity index (χ0) is 15.5. The summed E-state index contributed by atoms with van der Waals surface area (Å²) in [6.45, 7) is 0. The fraction of sp³-hybridized carbons (Fsp3) is 0.118. The molecule has 3 aromatic rings. The van der Waals surface area contributed by atoms with E-state index in [0.29, 0.717) is 11.4 Å². The molecule has 0 spiro atoms. The number of fused-ring (bicyclic) bond motifs is 1. The molecule has 1 aromatic heterocycles. The molecule has 0 amide bonds. The van der Waals surface area contributed by atoms with Crippen LogP contribution in [0.5, 0.6) is 5.75 Å². The summed E-state index contributed by atoms with van der Waals surface area (Å²) in [7, 11) is 1.61. The summed E-state index contributed by atoms with van der Waals surface area (Å²) in [6.07, 6.45) is 1.93. The van der Waals surface area contributed by atoms with E-state index in [4.69, 9.17) is 20.8 Å². The van der Waals surface area contributed by atoms with Crippen molar-refractivity contribution in [3.8, 4) is 5.75 Å². The van der Waals surface area contributed by atoms with Gasteiger partial charge in [0, 0.05) is 27.3 Å². The largest absolute Gasteiger partial charge is 0.497 e. The number of carbonyl (C=O) groups is 1. The molecule has 0 aliphatic carbocycles. The number of benzene rings is 2. The van der Waals surface area contributed by atoms with Gasteiger partial charge in [-0.15, -0.1) is 0 Å². The monoisotopic (exact) mass is 332 g/mol. The molecular formula is C17H13ClO3S. The fourth-order valence-electron chi connectivity index (χ4n) is 2.15. The van der Waals surface area contributed by atoms with Gasteiger partial charge >= 0.3 is 0 Å². The van der Waals surface area contributed by atoms with E-state index in [0.717, 1.165) is 27.2 Å². The molecule has 0 radical (unpaired) electrons. The number of ether oxygens (including phenoxy) is 1. The van der Waals surface area contributed by atoms with Crippen LogP contribution in [0.25, 0.3) is 11.0 Å². The number of furan rings is 1. The van der Waals surface area contributed by atoms with Gasteiger partial charge in [0.05, 0.1) is 13.4 Å². The summed E-state index contributed by atoms with van der Waals surface area (Å²) in [5, 5.41) is 1.61. The van der Waals surface area contributed by atoms with Crippen LogP contribution in [0.1, 0.15) is 5.56 Å². The van der Waals surface area contributed by atoms with Gasteiger partial charge in [0.1, 0.15) is 11.3 Å². The van der Waals surface area contributed by atoms with Gasteiger partial charge in [-0.05, 0) is 42.5 Å². The van der Waals surface area contributed by atoms with Crippen LogP contribution >= 0.6 is 23.4 Å². The van der Waals surface area contributed by atoms with Crippen LogP contribution < -0.4 is 4.74 Å².